The van der Waals surface area contributed by atoms with E-state index in [1.165, 1.54) is 13.0 Å². The van der Waals surface area contributed by atoms with E-state index in [4.69, 9.17) is 4.74 Å². The van der Waals surface area contributed by atoms with E-state index in [9.17, 15) is 9.59 Å². The minimum absolute atomic E-state index is 0.128. The van der Waals surface area contributed by atoms with Gasteiger partial charge in [-0.05, 0) is 20.8 Å². The summed E-state index contributed by atoms with van der Waals surface area (Å²) >= 11 is 0. The molecule has 0 radical (unpaired) electrons. The maximum absolute atomic E-state index is 11.3. The number of carbonyl (C=O) groups is 2. The first-order valence-corrected chi connectivity index (χ1v) is 3.91. The van der Waals surface area contributed by atoms with E-state index in [1.54, 1.807) is 13.8 Å². The van der Waals surface area contributed by atoms with Gasteiger partial charge in [0.1, 0.15) is 17.8 Å². The molecule has 0 amide bonds. The van der Waals surface area contributed by atoms with Gasteiger partial charge < -0.3 is 4.74 Å². The number of rotatable bonds is 1. The largest absolute Gasteiger partial charge is 0.494 e. The third-order valence-corrected chi connectivity index (χ3v) is 1.93. The summed E-state index contributed by atoms with van der Waals surface area (Å²) in [5.74, 6) is -0.284. The molecule has 0 saturated heterocycles. The summed E-state index contributed by atoms with van der Waals surface area (Å²) < 4.78 is 5.25. The van der Waals surface area contributed by atoms with E-state index in [0.717, 1.165) is 0 Å². The zero-order valence-electron chi connectivity index (χ0n) is 7.46. The average Bonchev–Trinajstić information content (AvgIpc) is 1.82. The lowest BCUT2D eigenvalue weighted by molar-refractivity contribution is -0.135. The van der Waals surface area contributed by atoms with Crippen LogP contribution >= 0.6 is 0 Å². The molecule has 0 aromatic heterocycles. The molecule has 2 atom stereocenters. The van der Waals surface area contributed by atoms with Gasteiger partial charge in [-0.3, -0.25) is 9.59 Å². The molecule has 0 spiro atoms. The summed E-state index contributed by atoms with van der Waals surface area (Å²) in [7, 11) is 0. The van der Waals surface area contributed by atoms with Crippen LogP contribution < -0.4 is 0 Å². The molecular formula is C9H12O3. The molecule has 12 heavy (non-hydrogen) atoms. The second-order valence-electron chi connectivity index (χ2n) is 3.07. The number of hydrogen-bond acceptors (Lipinski definition) is 3. The summed E-state index contributed by atoms with van der Waals surface area (Å²) in [6, 6.07) is 0. The first-order valence-electron chi connectivity index (χ1n) is 3.91. The van der Waals surface area contributed by atoms with E-state index in [2.05, 4.69) is 0 Å². The van der Waals surface area contributed by atoms with Gasteiger partial charge in [-0.1, -0.05) is 0 Å². The molecule has 0 fully saturated rings. The Hall–Kier alpha value is -1.12. The van der Waals surface area contributed by atoms with Gasteiger partial charge in [-0.2, -0.15) is 0 Å². The van der Waals surface area contributed by atoms with Crippen LogP contribution in [-0.4, -0.2) is 17.7 Å². The highest BCUT2D eigenvalue weighted by Crippen LogP contribution is 2.20. The molecule has 0 aromatic carbocycles. The Balaban J connectivity index is 2.90. The lowest BCUT2D eigenvalue weighted by Crippen LogP contribution is -2.35. The molecule has 1 rings (SSSR count). The fourth-order valence-electron chi connectivity index (χ4n) is 1.45. The van der Waals surface area contributed by atoms with E-state index >= 15 is 0 Å². The van der Waals surface area contributed by atoms with Crippen molar-refractivity contribution in [2.24, 2.45) is 5.92 Å². The van der Waals surface area contributed by atoms with Crippen LogP contribution in [0.2, 0.25) is 0 Å². The molecule has 1 aliphatic rings. The molecule has 66 valence electrons. The molecule has 0 bridgehead atoms. The smallest absolute Gasteiger partial charge is 0.173 e. The highest BCUT2D eigenvalue weighted by molar-refractivity contribution is 6.07. The average molecular weight is 168 g/mol. The monoisotopic (exact) mass is 168 g/mol. The van der Waals surface area contributed by atoms with Gasteiger partial charge in [0, 0.05) is 6.08 Å². The maximum atomic E-state index is 11.3. The number of ketones is 2. The molecule has 1 heterocycles. The highest BCUT2D eigenvalue weighted by Gasteiger charge is 2.32. The van der Waals surface area contributed by atoms with Crippen molar-refractivity contribution in [3.05, 3.63) is 11.8 Å². The zero-order valence-corrected chi connectivity index (χ0v) is 7.46. The number of hydrogen-bond donors (Lipinski definition) is 0. The Morgan fingerprint density at radius 2 is 2.17 bits per heavy atom. The van der Waals surface area contributed by atoms with E-state index < -0.39 is 5.92 Å². The molecular weight excluding hydrogens is 156 g/mol. The van der Waals surface area contributed by atoms with Crippen molar-refractivity contribution in [2.45, 2.75) is 26.9 Å². The van der Waals surface area contributed by atoms with Crippen molar-refractivity contribution >= 4 is 11.6 Å². The Bertz CT molecular complexity index is 252. The summed E-state index contributed by atoms with van der Waals surface area (Å²) in [6.07, 6.45) is 1.06. The van der Waals surface area contributed by atoms with Crippen molar-refractivity contribution in [2.75, 3.05) is 0 Å². The molecule has 0 aromatic rings. The van der Waals surface area contributed by atoms with E-state index in [1.807, 2.05) is 0 Å². The highest BCUT2D eigenvalue weighted by atomic mass is 16.5. The number of allylic oxidation sites excluding steroid dienone is 2. The van der Waals surface area contributed by atoms with Crippen LogP contribution in [0, 0.1) is 5.92 Å². The Morgan fingerprint density at radius 3 is 2.58 bits per heavy atom. The van der Waals surface area contributed by atoms with Crippen LogP contribution in [0.15, 0.2) is 11.8 Å². The lowest BCUT2D eigenvalue weighted by atomic mass is 9.92. The van der Waals surface area contributed by atoms with Crippen molar-refractivity contribution < 1.29 is 14.3 Å². The Labute approximate surface area is 71.4 Å². The third kappa shape index (κ3) is 1.55. The predicted molar refractivity (Wildman–Crippen MR) is 43.5 cm³/mol. The first kappa shape index (κ1) is 8.97. The molecule has 3 nitrogen and oxygen atoms in total. The van der Waals surface area contributed by atoms with Gasteiger partial charge in [-0.15, -0.1) is 0 Å². The number of carbonyl (C=O) groups excluding carboxylic acids is 2. The van der Waals surface area contributed by atoms with Crippen LogP contribution in [0.3, 0.4) is 0 Å². The van der Waals surface area contributed by atoms with Crippen LogP contribution in [0.5, 0.6) is 0 Å². The number of ether oxygens (including phenoxy) is 1. The first-order chi connectivity index (χ1) is 5.52. The molecule has 2 unspecified atom stereocenters. The van der Waals surface area contributed by atoms with Crippen molar-refractivity contribution in [3.63, 3.8) is 0 Å². The van der Waals surface area contributed by atoms with Crippen molar-refractivity contribution in [3.8, 4) is 0 Å². The standard InChI is InChI=1S/C9H12O3/c1-5-4-8(11)9(6(2)10)7(3)12-5/h4,7,9H,1-3H3. The fourth-order valence-corrected chi connectivity index (χ4v) is 1.45. The quantitative estimate of drug-likeness (QED) is 0.550. The van der Waals surface area contributed by atoms with Crippen molar-refractivity contribution in [1.29, 1.82) is 0 Å². The van der Waals surface area contributed by atoms with Crippen LogP contribution in [0.4, 0.5) is 0 Å². The lowest BCUT2D eigenvalue weighted by Gasteiger charge is -2.25. The Morgan fingerprint density at radius 1 is 1.58 bits per heavy atom. The van der Waals surface area contributed by atoms with Gasteiger partial charge in [0.25, 0.3) is 0 Å². The molecule has 0 aliphatic carbocycles. The topological polar surface area (TPSA) is 43.4 Å². The summed E-state index contributed by atoms with van der Waals surface area (Å²) in [5, 5.41) is 0. The Kier molecular flexibility index (Phi) is 2.31. The molecule has 0 N–H and O–H groups in total. The summed E-state index contributed by atoms with van der Waals surface area (Å²) in [4.78, 5) is 22.3. The SMILES string of the molecule is CC(=O)C1C(=O)C=C(C)OC1C. The summed E-state index contributed by atoms with van der Waals surface area (Å²) in [6.45, 7) is 4.86. The van der Waals surface area contributed by atoms with Gasteiger partial charge in [0.05, 0.1) is 5.76 Å². The van der Waals surface area contributed by atoms with Crippen molar-refractivity contribution in [1.82, 2.24) is 0 Å². The van der Waals surface area contributed by atoms with Gasteiger partial charge in [0.2, 0.25) is 0 Å². The second-order valence-corrected chi connectivity index (χ2v) is 3.07. The van der Waals surface area contributed by atoms with Gasteiger partial charge >= 0.3 is 0 Å². The van der Waals surface area contributed by atoms with Crippen LogP contribution in [0.1, 0.15) is 20.8 Å². The van der Waals surface area contributed by atoms with Gasteiger partial charge in [0.15, 0.2) is 5.78 Å². The van der Waals surface area contributed by atoms with Crippen LogP contribution in [-0.2, 0) is 14.3 Å². The normalized spacial score (nSPS) is 29.2. The summed E-state index contributed by atoms with van der Waals surface area (Å²) in [5.41, 5.74) is 0. The molecule has 3 heteroatoms. The van der Waals surface area contributed by atoms with E-state index in [0.29, 0.717) is 5.76 Å². The molecule has 0 saturated carbocycles. The predicted octanol–water partition coefficient (Wildman–Crippen LogP) is 1.08. The molecule has 1 aliphatic heterocycles. The maximum Gasteiger partial charge on any atom is 0.173 e. The zero-order chi connectivity index (χ0) is 9.30. The minimum atomic E-state index is -0.603. The van der Waals surface area contributed by atoms with Gasteiger partial charge in [-0.25, -0.2) is 0 Å². The van der Waals surface area contributed by atoms with Crippen LogP contribution in [0.25, 0.3) is 0 Å². The second kappa shape index (κ2) is 3.09. The van der Waals surface area contributed by atoms with E-state index in [-0.39, 0.29) is 17.7 Å². The third-order valence-electron chi connectivity index (χ3n) is 1.93. The number of Topliss-reactive ketones (excluding diaryl/α,β-unsaturated/α-hetero) is 1. The fraction of sp³-hybridized carbons (Fsp3) is 0.556. The minimum Gasteiger partial charge on any atom is -0.494 e.